The van der Waals surface area contributed by atoms with Crippen molar-refractivity contribution in [2.24, 2.45) is 0 Å². The summed E-state index contributed by atoms with van der Waals surface area (Å²) in [6.45, 7) is 4.84. The second kappa shape index (κ2) is 6.89. The lowest BCUT2D eigenvalue weighted by molar-refractivity contribution is 0.284. The van der Waals surface area contributed by atoms with Crippen LogP contribution in [0, 0.1) is 6.92 Å². The van der Waals surface area contributed by atoms with Crippen LogP contribution in [0.3, 0.4) is 0 Å². The third-order valence-electron chi connectivity index (χ3n) is 5.94. The van der Waals surface area contributed by atoms with Crippen molar-refractivity contribution in [1.82, 2.24) is 10.2 Å². The molecule has 4 heterocycles. The van der Waals surface area contributed by atoms with E-state index < -0.39 is 0 Å². The number of piperidine rings is 1. The van der Waals surface area contributed by atoms with Gasteiger partial charge < -0.3 is 14.4 Å². The Labute approximate surface area is 165 Å². The Morgan fingerprint density at radius 1 is 1.07 bits per heavy atom. The van der Waals surface area contributed by atoms with Crippen molar-refractivity contribution < 1.29 is 9.47 Å². The van der Waals surface area contributed by atoms with Gasteiger partial charge in [-0.25, -0.2) is 0 Å². The van der Waals surface area contributed by atoms with E-state index in [4.69, 9.17) is 9.47 Å². The Morgan fingerprint density at radius 2 is 1.86 bits per heavy atom. The van der Waals surface area contributed by atoms with Crippen LogP contribution in [0.4, 0.5) is 5.69 Å². The van der Waals surface area contributed by atoms with Crippen molar-refractivity contribution >= 4 is 5.69 Å². The first-order valence-electron chi connectivity index (χ1n) is 9.93. The minimum atomic E-state index is 0.507. The maximum atomic E-state index is 6.12. The highest BCUT2D eigenvalue weighted by Crippen LogP contribution is 2.46. The van der Waals surface area contributed by atoms with E-state index in [1.807, 2.05) is 12.1 Å². The molecule has 0 spiro atoms. The van der Waals surface area contributed by atoms with E-state index in [9.17, 15) is 0 Å². The molecule has 0 amide bonds. The average molecular weight is 375 g/mol. The molecule has 0 saturated carbocycles. The summed E-state index contributed by atoms with van der Waals surface area (Å²) in [5.41, 5.74) is 7.03. The van der Waals surface area contributed by atoms with E-state index >= 15 is 0 Å². The number of benzene rings is 2. The van der Waals surface area contributed by atoms with Gasteiger partial charge in [-0.15, -0.1) is 0 Å². The van der Waals surface area contributed by atoms with Gasteiger partial charge in [0.1, 0.15) is 12.3 Å². The van der Waals surface area contributed by atoms with Crippen molar-refractivity contribution in [2.75, 3.05) is 25.1 Å². The standard InChI is InChI=1S/C23H25N3O2/c1-15-3-5-16(6-4-15)14-28-20-13-18(7-8-19(20)27-2)22-23-21(24-25-22)17-9-11-26(23)12-10-17/h3-8,13,17H,9-12,14H2,1-2H3,(H,24,25). The number of nitrogens with zero attached hydrogens (tertiary/aromatic N) is 2. The average Bonchev–Trinajstić information content (AvgIpc) is 3.21. The van der Waals surface area contributed by atoms with Crippen LogP contribution in [0.1, 0.15) is 35.6 Å². The van der Waals surface area contributed by atoms with Gasteiger partial charge in [0.05, 0.1) is 18.5 Å². The lowest BCUT2D eigenvalue weighted by atomic mass is 9.86. The van der Waals surface area contributed by atoms with Crippen molar-refractivity contribution in [1.29, 1.82) is 0 Å². The van der Waals surface area contributed by atoms with E-state index in [2.05, 4.69) is 52.4 Å². The molecule has 6 rings (SSSR count). The second-order valence-electron chi connectivity index (χ2n) is 7.74. The monoisotopic (exact) mass is 375 g/mol. The van der Waals surface area contributed by atoms with E-state index in [0.717, 1.165) is 41.4 Å². The number of H-pyrrole nitrogens is 1. The molecule has 2 bridgehead atoms. The maximum absolute atomic E-state index is 6.12. The third-order valence-corrected chi connectivity index (χ3v) is 5.94. The van der Waals surface area contributed by atoms with Gasteiger partial charge in [0.25, 0.3) is 0 Å². The van der Waals surface area contributed by atoms with Crippen molar-refractivity contribution in [3.8, 4) is 22.8 Å². The van der Waals surface area contributed by atoms with Gasteiger partial charge in [0.2, 0.25) is 0 Å². The maximum Gasteiger partial charge on any atom is 0.162 e. The predicted octanol–water partition coefficient (Wildman–Crippen LogP) is 4.67. The van der Waals surface area contributed by atoms with Crippen LogP contribution in [0.25, 0.3) is 11.3 Å². The fourth-order valence-electron chi connectivity index (χ4n) is 4.33. The molecule has 0 unspecified atom stereocenters. The molecule has 2 aromatic carbocycles. The molecular weight excluding hydrogens is 350 g/mol. The summed E-state index contributed by atoms with van der Waals surface area (Å²) in [7, 11) is 1.68. The molecule has 1 aromatic heterocycles. The molecular formula is C23H25N3O2. The predicted molar refractivity (Wildman–Crippen MR) is 110 cm³/mol. The van der Waals surface area contributed by atoms with Crippen molar-refractivity contribution in [2.45, 2.75) is 32.3 Å². The van der Waals surface area contributed by atoms with E-state index in [1.54, 1.807) is 7.11 Å². The summed E-state index contributed by atoms with van der Waals surface area (Å²) in [6.07, 6.45) is 2.45. The Hall–Kier alpha value is -2.95. The number of rotatable bonds is 5. The number of aromatic nitrogens is 2. The van der Waals surface area contributed by atoms with E-state index in [1.165, 1.54) is 29.8 Å². The number of hydrogen-bond donors (Lipinski definition) is 1. The largest absolute Gasteiger partial charge is 0.493 e. The van der Waals surface area contributed by atoms with Crippen molar-refractivity contribution in [3.63, 3.8) is 0 Å². The van der Waals surface area contributed by atoms with Crippen LogP contribution in [0.15, 0.2) is 42.5 Å². The first-order chi connectivity index (χ1) is 13.7. The minimum absolute atomic E-state index is 0.507. The number of ether oxygens (including phenoxy) is 2. The van der Waals surface area contributed by atoms with Gasteiger partial charge in [-0.2, -0.15) is 5.10 Å². The molecule has 1 saturated heterocycles. The highest BCUT2D eigenvalue weighted by molar-refractivity contribution is 5.80. The van der Waals surface area contributed by atoms with E-state index in [0.29, 0.717) is 12.5 Å². The lowest BCUT2D eigenvalue weighted by Gasteiger charge is -2.40. The molecule has 144 valence electrons. The van der Waals surface area contributed by atoms with Gasteiger partial charge in [0.15, 0.2) is 11.5 Å². The quantitative estimate of drug-likeness (QED) is 0.704. The SMILES string of the molecule is COc1ccc(-c2n[nH]c3c2N2CCC3CC2)cc1OCc1ccc(C)cc1. The van der Waals surface area contributed by atoms with Crippen LogP contribution in [-0.4, -0.2) is 30.4 Å². The normalized spacial score (nSPS) is 15.6. The highest BCUT2D eigenvalue weighted by Gasteiger charge is 2.35. The molecule has 1 fully saturated rings. The molecule has 5 heteroatoms. The Bertz CT molecular complexity index is 986. The van der Waals surface area contributed by atoms with Crippen LogP contribution in [0.2, 0.25) is 0 Å². The fourth-order valence-corrected chi connectivity index (χ4v) is 4.33. The molecule has 3 aliphatic rings. The first-order valence-corrected chi connectivity index (χ1v) is 9.93. The van der Waals surface area contributed by atoms with Gasteiger partial charge in [0, 0.05) is 24.6 Å². The molecule has 0 atom stereocenters. The number of nitrogens with one attached hydrogen (secondary N) is 1. The molecule has 3 aromatic rings. The molecule has 3 aliphatic heterocycles. The van der Waals surface area contributed by atoms with Crippen LogP contribution in [-0.2, 0) is 6.61 Å². The summed E-state index contributed by atoms with van der Waals surface area (Å²) in [4.78, 5) is 2.46. The minimum Gasteiger partial charge on any atom is -0.493 e. The highest BCUT2D eigenvalue weighted by atomic mass is 16.5. The number of hydrogen-bond acceptors (Lipinski definition) is 4. The summed E-state index contributed by atoms with van der Waals surface area (Å²) in [5.74, 6) is 2.10. The zero-order chi connectivity index (χ0) is 19.1. The summed E-state index contributed by atoms with van der Waals surface area (Å²) < 4.78 is 11.6. The summed E-state index contributed by atoms with van der Waals surface area (Å²) >= 11 is 0. The number of methoxy groups -OCH3 is 1. The number of fused-ring (bicyclic) bond motifs is 2. The fraction of sp³-hybridized carbons (Fsp3) is 0.348. The number of anilines is 1. The van der Waals surface area contributed by atoms with Crippen LogP contribution >= 0.6 is 0 Å². The molecule has 5 nitrogen and oxygen atoms in total. The topological polar surface area (TPSA) is 50.4 Å². The van der Waals surface area contributed by atoms with Gasteiger partial charge in [-0.3, -0.25) is 5.10 Å². The van der Waals surface area contributed by atoms with Gasteiger partial charge in [-0.1, -0.05) is 29.8 Å². The summed E-state index contributed by atoms with van der Waals surface area (Å²) in [5, 5.41) is 7.97. The zero-order valence-electron chi connectivity index (χ0n) is 16.4. The van der Waals surface area contributed by atoms with E-state index in [-0.39, 0.29) is 0 Å². The molecule has 0 radical (unpaired) electrons. The first kappa shape index (κ1) is 17.2. The molecule has 1 N–H and O–H groups in total. The molecule has 28 heavy (non-hydrogen) atoms. The Kier molecular flexibility index (Phi) is 4.23. The summed E-state index contributed by atoms with van der Waals surface area (Å²) in [6, 6.07) is 14.5. The Morgan fingerprint density at radius 3 is 2.61 bits per heavy atom. The van der Waals surface area contributed by atoms with Crippen LogP contribution < -0.4 is 14.4 Å². The smallest absolute Gasteiger partial charge is 0.162 e. The van der Waals surface area contributed by atoms with Crippen molar-refractivity contribution in [3.05, 3.63) is 59.3 Å². The number of aromatic amines is 1. The zero-order valence-corrected chi connectivity index (χ0v) is 16.4. The van der Waals surface area contributed by atoms with Crippen LogP contribution in [0.5, 0.6) is 11.5 Å². The van der Waals surface area contributed by atoms with Gasteiger partial charge >= 0.3 is 0 Å². The Balaban J connectivity index is 1.46. The lowest BCUT2D eigenvalue weighted by Crippen LogP contribution is -2.38. The second-order valence-corrected chi connectivity index (χ2v) is 7.74. The third kappa shape index (κ3) is 2.91. The number of aryl methyl sites for hydroxylation is 1. The molecule has 0 aliphatic carbocycles. The van der Waals surface area contributed by atoms with Gasteiger partial charge in [-0.05, 0) is 43.5 Å².